The lowest BCUT2D eigenvalue weighted by atomic mass is 10.2. The largest absolute Gasteiger partial charge is 0.415 e. The summed E-state index contributed by atoms with van der Waals surface area (Å²) >= 11 is 0. The second kappa shape index (κ2) is 6.95. The van der Waals surface area contributed by atoms with Crippen molar-refractivity contribution in [2.24, 2.45) is 0 Å². The number of amides is 1. The Kier molecular flexibility index (Phi) is 4.35. The average Bonchev–Trinajstić information content (AvgIpc) is 2.68. The molecule has 7 heteroatoms. The summed E-state index contributed by atoms with van der Waals surface area (Å²) < 4.78 is 18.5. The van der Waals surface area contributed by atoms with Crippen LogP contribution in [0.25, 0.3) is 10.9 Å². The molecule has 0 bridgehead atoms. The molecule has 0 spiro atoms. The lowest BCUT2D eigenvalue weighted by Crippen LogP contribution is -2.49. The first-order valence-electron chi connectivity index (χ1n) is 8.37. The maximum atomic E-state index is 13.0. The molecule has 1 amide bonds. The van der Waals surface area contributed by atoms with Crippen LogP contribution in [0.4, 0.5) is 15.0 Å². The topological polar surface area (TPSA) is 58.6 Å². The molecule has 1 fully saturated rings. The lowest BCUT2D eigenvalue weighted by molar-refractivity contribution is 0.149. The van der Waals surface area contributed by atoms with Gasteiger partial charge >= 0.3 is 6.09 Å². The van der Waals surface area contributed by atoms with Gasteiger partial charge in [-0.15, -0.1) is 0 Å². The molecular weight excluding hydrogens is 335 g/mol. The van der Waals surface area contributed by atoms with E-state index in [0.717, 1.165) is 10.9 Å². The van der Waals surface area contributed by atoms with Crippen LogP contribution in [0.3, 0.4) is 0 Å². The number of benzene rings is 1. The summed E-state index contributed by atoms with van der Waals surface area (Å²) in [6, 6.07) is 12.2. The Morgan fingerprint density at radius 1 is 1.04 bits per heavy atom. The number of hydrogen-bond donors (Lipinski definition) is 0. The second-order valence-electron chi connectivity index (χ2n) is 6.03. The van der Waals surface area contributed by atoms with Crippen molar-refractivity contribution in [3.05, 3.63) is 60.7 Å². The number of aromatic nitrogens is 2. The van der Waals surface area contributed by atoms with Crippen molar-refractivity contribution in [3.63, 3.8) is 0 Å². The van der Waals surface area contributed by atoms with Crippen LogP contribution < -0.4 is 9.64 Å². The Hall–Kier alpha value is -3.22. The number of nitrogens with zero attached hydrogens (tertiary/aromatic N) is 4. The zero-order valence-corrected chi connectivity index (χ0v) is 14.0. The standard InChI is InChI=1S/C19H17FN4O2/c20-15-4-6-18(22-13-15)23-8-10-24(11-9-23)19(25)26-16-5-3-14-2-1-7-21-17(14)12-16/h1-7,12-13H,8-11H2. The van der Waals surface area contributed by atoms with E-state index in [9.17, 15) is 9.18 Å². The van der Waals surface area contributed by atoms with Gasteiger partial charge in [-0.1, -0.05) is 6.07 Å². The van der Waals surface area contributed by atoms with Crippen molar-refractivity contribution in [2.45, 2.75) is 0 Å². The summed E-state index contributed by atoms with van der Waals surface area (Å²) in [4.78, 5) is 24.4. The van der Waals surface area contributed by atoms with E-state index in [1.165, 1.54) is 12.3 Å². The van der Waals surface area contributed by atoms with Gasteiger partial charge < -0.3 is 14.5 Å². The third-order valence-electron chi connectivity index (χ3n) is 4.36. The van der Waals surface area contributed by atoms with Gasteiger partial charge in [0.05, 0.1) is 11.7 Å². The van der Waals surface area contributed by atoms with E-state index >= 15 is 0 Å². The number of carbonyl (C=O) groups is 1. The number of carbonyl (C=O) groups excluding carboxylic acids is 1. The van der Waals surface area contributed by atoms with Crippen molar-refractivity contribution in [1.82, 2.24) is 14.9 Å². The number of hydrogen-bond acceptors (Lipinski definition) is 5. The first kappa shape index (κ1) is 16.3. The normalized spacial score (nSPS) is 14.5. The van der Waals surface area contributed by atoms with Crippen molar-refractivity contribution in [2.75, 3.05) is 31.1 Å². The Bertz CT molecular complexity index is 924. The van der Waals surface area contributed by atoms with E-state index in [2.05, 4.69) is 9.97 Å². The summed E-state index contributed by atoms with van der Waals surface area (Å²) in [6.07, 6.45) is 2.52. The molecule has 0 radical (unpaired) electrons. The Balaban J connectivity index is 1.37. The average molecular weight is 352 g/mol. The van der Waals surface area contributed by atoms with Gasteiger partial charge in [0.25, 0.3) is 0 Å². The van der Waals surface area contributed by atoms with Crippen molar-refractivity contribution >= 4 is 22.8 Å². The molecule has 0 aliphatic carbocycles. The van der Waals surface area contributed by atoms with E-state index in [1.807, 2.05) is 23.1 Å². The summed E-state index contributed by atoms with van der Waals surface area (Å²) in [5, 5.41) is 0.993. The highest BCUT2D eigenvalue weighted by molar-refractivity contribution is 5.81. The minimum Gasteiger partial charge on any atom is -0.410 e. The first-order chi connectivity index (χ1) is 12.7. The Morgan fingerprint density at radius 2 is 1.88 bits per heavy atom. The smallest absolute Gasteiger partial charge is 0.410 e. The van der Waals surface area contributed by atoms with E-state index in [0.29, 0.717) is 37.7 Å². The minimum absolute atomic E-state index is 0.360. The number of fused-ring (bicyclic) bond motifs is 1. The van der Waals surface area contributed by atoms with Crippen LogP contribution >= 0.6 is 0 Å². The van der Waals surface area contributed by atoms with Crippen molar-refractivity contribution in [3.8, 4) is 5.75 Å². The molecule has 1 aromatic carbocycles. The molecular formula is C19H17FN4O2. The summed E-state index contributed by atoms with van der Waals surface area (Å²) in [5.41, 5.74) is 0.782. The summed E-state index contributed by atoms with van der Waals surface area (Å²) in [7, 11) is 0. The van der Waals surface area contributed by atoms with Crippen LogP contribution in [0.2, 0.25) is 0 Å². The molecule has 1 saturated heterocycles. The molecule has 0 unspecified atom stereocenters. The van der Waals surface area contributed by atoms with Crippen LogP contribution in [0.5, 0.6) is 5.75 Å². The Labute approximate surface area is 149 Å². The van der Waals surface area contributed by atoms with Crippen LogP contribution in [-0.4, -0.2) is 47.1 Å². The van der Waals surface area contributed by atoms with E-state index in [-0.39, 0.29) is 11.9 Å². The number of ether oxygens (including phenoxy) is 1. The predicted molar refractivity (Wildman–Crippen MR) is 95.7 cm³/mol. The molecule has 3 heterocycles. The van der Waals surface area contributed by atoms with Crippen molar-refractivity contribution < 1.29 is 13.9 Å². The van der Waals surface area contributed by atoms with E-state index in [1.54, 1.807) is 29.3 Å². The quantitative estimate of drug-likeness (QED) is 0.709. The Morgan fingerprint density at radius 3 is 2.65 bits per heavy atom. The minimum atomic E-state index is -0.382. The van der Waals surface area contributed by atoms with Gasteiger partial charge in [0.2, 0.25) is 0 Å². The van der Waals surface area contributed by atoms with Gasteiger partial charge in [-0.25, -0.2) is 14.2 Å². The SMILES string of the molecule is O=C(Oc1ccc2cccnc2c1)N1CCN(c2ccc(F)cn2)CC1. The third kappa shape index (κ3) is 3.42. The summed E-state index contributed by atoms with van der Waals surface area (Å²) in [6.45, 7) is 2.27. The van der Waals surface area contributed by atoms with E-state index in [4.69, 9.17) is 4.74 Å². The van der Waals surface area contributed by atoms with E-state index < -0.39 is 0 Å². The molecule has 26 heavy (non-hydrogen) atoms. The van der Waals surface area contributed by atoms with Crippen molar-refractivity contribution in [1.29, 1.82) is 0 Å². The van der Waals surface area contributed by atoms with Crippen LogP contribution in [0.15, 0.2) is 54.9 Å². The van der Waals surface area contributed by atoms with Gasteiger partial charge in [0.15, 0.2) is 0 Å². The maximum absolute atomic E-state index is 13.0. The number of rotatable bonds is 2. The molecule has 0 atom stereocenters. The molecule has 132 valence electrons. The number of pyridine rings is 2. The van der Waals surface area contributed by atoms with Crippen LogP contribution in [-0.2, 0) is 0 Å². The number of piperazine rings is 1. The van der Waals surface area contributed by atoms with Crippen LogP contribution in [0.1, 0.15) is 0 Å². The molecule has 1 aliphatic rings. The fourth-order valence-corrected chi connectivity index (χ4v) is 2.95. The fourth-order valence-electron chi connectivity index (χ4n) is 2.95. The fraction of sp³-hybridized carbons (Fsp3) is 0.211. The number of anilines is 1. The third-order valence-corrected chi connectivity index (χ3v) is 4.36. The highest BCUT2D eigenvalue weighted by atomic mass is 19.1. The zero-order chi connectivity index (χ0) is 17.9. The van der Waals surface area contributed by atoms with Crippen LogP contribution in [0, 0.1) is 5.82 Å². The molecule has 0 N–H and O–H groups in total. The molecule has 3 aromatic rings. The molecule has 4 rings (SSSR count). The molecule has 6 nitrogen and oxygen atoms in total. The van der Waals surface area contributed by atoms with Gasteiger partial charge in [-0.2, -0.15) is 0 Å². The highest BCUT2D eigenvalue weighted by Crippen LogP contribution is 2.20. The molecule has 0 saturated carbocycles. The highest BCUT2D eigenvalue weighted by Gasteiger charge is 2.23. The first-order valence-corrected chi connectivity index (χ1v) is 8.37. The maximum Gasteiger partial charge on any atom is 0.415 e. The molecule has 2 aromatic heterocycles. The molecule has 1 aliphatic heterocycles. The van der Waals surface area contributed by atoms with Gasteiger partial charge in [0, 0.05) is 43.8 Å². The zero-order valence-electron chi connectivity index (χ0n) is 14.0. The van der Waals surface area contributed by atoms with Gasteiger partial charge in [0.1, 0.15) is 17.4 Å². The lowest BCUT2D eigenvalue weighted by Gasteiger charge is -2.34. The number of halogens is 1. The van der Waals surface area contributed by atoms with Gasteiger partial charge in [-0.05, 0) is 30.3 Å². The second-order valence-corrected chi connectivity index (χ2v) is 6.03. The summed E-state index contributed by atoms with van der Waals surface area (Å²) in [5.74, 6) is 0.824. The monoisotopic (exact) mass is 352 g/mol. The predicted octanol–water partition coefficient (Wildman–Crippen LogP) is 3.09. The van der Waals surface area contributed by atoms with Gasteiger partial charge in [-0.3, -0.25) is 4.98 Å².